The molecule has 2 heteroatoms. The summed E-state index contributed by atoms with van der Waals surface area (Å²) in [4.78, 5) is 0. The molecule has 0 atom stereocenters. The summed E-state index contributed by atoms with van der Waals surface area (Å²) in [6.45, 7) is 0. The summed E-state index contributed by atoms with van der Waals surface area (Å²) in [7, 11) is -1.29. The van der Waals surface area contributed by atoms with E-state index in [0.717, 1.165) is 24.9 Å². The van der Waals surface area contributed by atoms with Crippen molar-refractivity contribution in [2.45, 2.75) is 31.4 Å². The average molecular weight is 117 g/mol. The molecule has 41 valence electrons. The second-order valence-corrected chi connectivity index (χ2v) is 4.11. The molecule has 0 aromatic rings. The second-order valence-electron chi connectivity index (χ2n) is 2.08. The molecule has 1 saturated heterocycles. The third-order valence-electron chi connectivity index (χ3n) is 1.40. The van der Waals surface area contributed by atoms with Crippen LogP contribution in [0.4, 0.5) is 4.11 Å². The van der Waals surface area contributed by atoms with E-state index in [0.29, 0.717) is 0 Å². The Hall–Kier alpha value is 0.147. The van der Waals surface area contributed by atoms with Crippen LogP contribution < -0.4 is 0 Å². The van der Waals surface area contributed by atoms with Gasteiger partial charge in [0.15, 0.2) is 0 Å². The standard InChI is InChI=1S/C5H10FSi/c6-7-4-2-1-3-5-7/h1-5H2. The molecule has 0 bridgehead atoms. The van der Waals surface area contributed by atoms with Crippen molar-refractivity contribution >= 4 is 9.13 Å². The largest absolute Gasteiger partial charge is 0.314 e. The molecule has 1 aliphatic heterocycles. The van der Waals surface area contributed by atoms with Crippen molar-refractivity contribution < 1.29 is 4.11 Å². The van der Waals surface area contributed by atoms with E-state index in [1.54, 1.807) is 0 Å². The quantitative estimate of drug-likeness (QED) is 0.337. The molecule has 1 radical (unpaired) electrons. The van der Waals surface area contributed by atoms with Gasteiger partial charge >= 0.3 is 0 Å². The number of halogens is 1. The minimum Gasteiger partial charge on any atom is -0.314 e. The fourth-order valence-corrected chi connectivity index (χ4v) is 2.45. The maximum absolute atomic E-state index is 12.3. The average Bonchev–Trinajstić information content (AvgIpc) is 1.69. The first-order valence-corrected chi connectivity index (χ1v) is 4.69. The topological polar surface area (TPSA) is 0 Å². The first-order valence-electron chi connectivity index (χ1n) is 2.90. The lowest BCUT2D eigenvalue weighted by Crippen LogP contribution is -2.08. The van der Waals surface area contributed by atoms with E-state index in [2.05, 4.69) is 0 Å². The van der Waals surface area contributed by atoms with Crippen LogP contribution in [0.3, 0.4) is 0 Å². The van der Waals surface area contributed by atoms with Gasteiger partial charge in [-0.15, -0.1) is 0 Å². The Morgan fingerprint density at radius 3 is 1.86 bits per heavy atom. The van der Waals surface area contributed by atoms with Gasteiger partial charge in [-0.25, -0.2) is 0 Å². The predicted molar refractivity (Wildman–Crippen MR) is 30.3 cm³/mol. The first-order chi connectivity index (χ1) is 3.39. The maximum atomic E-state index is 12.3. The van der Waals surface area contributed by atoms with Crippen molar-refractivity contribution in [3.05, 3.63) is 0 Å². The molecule has 1 heterocycles. The summed E-state index contributed by atoms with van der Waals surface area (Å²) >= 11 is 0. The van der Waals surface area contributed by atoms with Crippen LogP contribution in [-0.4, -0.2) is 9.13 Å². The molecule has 1 rings (SSSR count). The summed E-state index contributed by atoms with van der Waals surface area (Å²) in [5.74, 6) is 0. The van der Waals surface area contributed by atoms with Crippen LogP contribution in [0.5, 0.6) is 0 Å². The molecule has 0 spiro atoms. The van der Waals surface area contributed by atoms with Gasteiger partial charge in [0.1, 0.15) is 0 Å². The molecule has 0 N–H and O–H groups in total. The monoisotopic (exact) mass is 117 g/mol. The minimum absolute atomic E-state index is 0.921. The summed E-state index contributed by atoms with van der Waals surface area (Å²) < 4.78 is 12.3. The molecule has 0 saturated carbocycles. The van der Waals surface area contributed by atoms with E-state index in [1.165, 1.54) is 6.42 Å². The lowest BCUT2D eigenvalue weighted by Gasteiger charge is -2.09. The molecule has 0 aromatic heterocycles. The van der Waals surface area contributed by atoms with E-state index >= 15 is 0 Å². The lowest BCUT2D eigenvalue weighted by molar-refractivity contribution is 0.664. The molecular weight excluding hydrogens is 107 g/mol. The van der Waals surface area contributed by atoms with Gasteiger partial charge < -0.3 is 4.11 Å². The van der Waals surface area contributed by atoms with Crippen LogP contribution in [0.1, 0.15) is 19.3 Å². The summed E-state index contributed by atoms with van der Waals surface area (Å²) in [6, 6.07) is 1.84. The van der Waals surface area contributed by atoms with Crippen molar-refractivity contribution in [1.82, 2.24) is 0 Å². The molecule has 0 aromatic carbocycles. The van der Waals surface area contributed by atoms with Crippen molar-refractivity contribution in [3.63, 3.8) is 0 Å². The molecule has 0 unspecified atom stereocenters. The highest BCUT2D eigenvalue weighted by Gasteiger charge is 2.14. The van der Waals surface area contributed by atoms with Gasteiger partial charge in [-0.1, -0.05) is 19.3 Å². The van der Waals surface area contributed by atoms with Gasteiger partial charge in [-0.2, -0.15) is 0 Å². The van der Waals surface area contributed by atoms with Crippen LogP contribution >= 0.6 is 0 Å². The Morgan fingerprint density at radius 1 is 1.00 bits per heavy atom. The number of hydrogen-bond acceptors (Lipinski definition) is 0. The van der Waals surface area contributed by atoms with Crippen molar-refractivity contribution in [2.24, 2.45) is 0 Å². The third-order valence-corrected chi connectivity index (χ3v) is 3.19. The molecule has 1 aliphatic rings. The Kier molecular flexibility index (Phi) is 1.85. The Labute approximate surface area is 45.5 Å². The zero-order valence-electron chi connectivity index (χ0n) is 4.41. The smallest absolute Gasteiger partial charge is 0.271 e. The van der Waals surface area contributed by atoms with Crippen LogP contribution in [0, 0.1) is 0 Å². The maximum Gasteiger partial charge on any atom is 0.271 e. The Bertz CT molecular complexity index is 50.0. The molecule has 0 nitrogen and oxygen atoms in total. The first kappa shape index (κ1) is 5.29. The van der Waals surface area contributed by atoms with Crippen molar-refractivity contribution in [2.75, 3.05) is 0 Å². The Morgan fingerprint density at radius 2 is 1.57 bits per heavy atom. The predicted octanol–water partition coefficient (Wildman–Crippen LogP) is 2.13. The highest BCUT2D eigenvalue weighted by molar-refractivity contribution is 6.51. The molecular formula is C5H10FSi. The lowest BCUT2D eigenvalue weighted by atomic mass is 10.3. The van der Waals surface area contributed by atoms with E-state index in [-0.39, 0.29) is 0 Å². The van der Waals surface area contributed by atoms with Crippen LogP contribution in [0.2, 0.25) is 12.1 Å². The third kappa shape index (κ3) is 1.59. The molecule has 0 amide bonds. The number of rotatable bonds is 0. The van der Waals surface area contributed by atoms with Gasteiger partial charge in [0.2, 0.25) is 0 Å². The van der Waals surface area contributed by atoms with E-state index < -0.39 is 9.13 Å². The van der Waals surface area contributed by atoms with Gasteiger partial charge in [-0.05, 0) is 12.1 Å². The van der Waals surface area contributed by atoms with Crippen LogP contribution in [-0.2, 0) is 0 Å². The normalized spacial score (nSPS) is 25.3. The second kappa shape index (κ2) is 2.45. The minimum atomic E-state index is -1.29. The zero-order chi connectivity index (χ0) is 5.11. The summed E-state index contributed by atoms with van der Waals surface area (Å²) in [5, 5.41) is 0. The highest BCUT2D eigenvalue weighted by Crippen LogP contribution is 2.18. The number of hydrogen-bond donors (Lipinski definition) is 0. The zero-order valence-corrected chi connectivity index (χ0v) is 5.41. The van der Waals surface area contributed by atoms with Gasteiger partial charge in [0.25, 0.3) is 9.13 Å². The van der Waals surface area contributed by atoms with Crippen LogP contribution in [0.15, 0.2) is 0 Å². The summed E-state index contributed by atoms with van der Waals surface area (Å²) in [5.41, 5.74) is 0. The summed E-state index contributed by atoms with van der Waals surface area (Å²) in [6.07, 6.45) is 3.59. The molecule has 7 heavy (non-hydrogen) atoms. The van der Waals surface area contributed by atoms with Crippen LogP contribution in [0.25, 0.3) is 0 Å². The van der Waals surface area contributed by atoms with Gasteiger partial charge in [0.05, 0.1) is 0 Å². The molecule has 0 aliphatic carbocycles. The molecule has 1 fully saturated rings. The Balaban J connectivity index is 2.12. The van der Waals surface area contributed by atoms with E-state index in [4.69, 9.17) is 0 Å². The SMILES string of the molecule is F[Si]1CCCCC1. The van der Waals surface area contributed by atoms with Crippen molar-refractivity contribution in [3.8, 4) is 0 Å². The van der Waals surface area contributed by atoms with E-state index in [9.17, 15) is 4.11 Å². The highest BCUT2D eigenvalue weighted by atomic mass is 28.3. The van der Waals surface area contributed by atoms with Crippen molar-refractivity contribution in [1.29, 1.82) is 0 Å². The fourth-order valence-electron chi connectivity index (χ4n) is 0.935. The van der Waals surface area contributed by atoms with Gasteiger partial charge in [-0.3, -0.25) is 0 Å². The van der Waals surface area contributed by atoms with Gasteiger partial charge in [0, 0.05) is 0 Å². The van der Waals surface area contributed by atoms with E-state index in [1.807, 2.05) is 0 Å². The fraction of sp³-hybridized carbons (Fsp3) is 1.00.